The molecule has 0 bridgehead atoms. The second kappa shape index (κ2) is 3.94. The van der Waals surface area contributed by atoms with Gasteiger partial charge in [0.1, 0.15) is 5.69 Å². The van der Waals surface area contributed by atoms with E-state index >= 15 is 0 Å². The number of nitrogens with two attached hydrogens (primary N) is 1. The summed E-state index contributed by atoms with van der Waals surface area (Å²) in [5.74, 6) is -0.679. The van der Waals surface area contributed by atoms with Gasteiger partial charge in [-0.15, -0.1) is 0 Å². The van der Waals surface area contributed by atoms with Gasteiger partial charge < -0.3 is 5.73 Å². The Labute approximate surface area is 99.6 Å². The zero-order valence-electron chi connectivity index (χ0n) is 9.25. The number of nitrogens with zero attached hydrogens (tertiary/aromatic N) is 2. The minimum atomic E-state index is -4.52. The lowest BCUT2D eigenvalue weighted by atomic mass is 10.1. The van der Waals surface area contributed by atoms with E-state index in [4.69, 9.17) is 5.73 Å². The molecule has 0 aliphatic heterocycles. The lowest BCUT2D eigenvalue weighted by Crippen LogP contribution is -2.14. The van der Waals surface area contributed by atoms with E-state index in [9.17, 15) is 18.0 Å². The van der Waals surface area contributed by atoms with Gasteiger partial charge in [-0.2, -0.15) is 13.2 Å². The summed E-state index contributed by atoms with van der Waals surface area (Å²) in [7, 11) is 0. The molecule has 2 aromatic rings. The first-order valence-corrected chi connectivity index (χ1v) is 4.94. The van der Waals surface area contributed by atoms with Crippen LogP contribution >= 0.6 is 0 Å². The second-order valence-electron chi connectivity index (χ2n) is 3.73. The van der Waals surface area contributed by atoms with Gasteiger partial charge in [0.2, 0.25) is 0 Å². The van der Waals surface area contributed by atoms with Gasteiger partial charge >= 0.3 is 6.18 Å². The molecular formula is C11H8F3N3O. The highest BCUT2D eigenvalue weighted by Crippen LogP contribution is 2.29. The number of hydrogen-bond acceptors (Lipinski definition) is 3. The van der Waals surface area contributed by atoms with Crippen LogP contribution in [0.2, 0.25) is 0 Å². The van der Waals surface area contributed by atoms with Gasteiger partial charge in [0.25, 0.3) is 5.91 Å². The summed E-state index contributed by atoms with van der Waals surface area (Å²) in [6.07, 6.45) is -3.39. The Bertz CT molecular complexity index is 637. The molecular weight excluding hydrogens is 247 g/mol. The molecule has 0 aliphatic carbocycles. The molecule has 7 heteroatoms. The molecule has 0 aromatic carbocycles. The lowest BCUT2D eigenvalue weighted by Gasteiger charge is -2.08. The molecule has 0 unspecified atom stereocenters. The van der Waals surface area contributed by atoms with Crippen molar-refractivity contribution in [2.75, 3.05) is 0 Å². The maximum Gasteiger partial charge on any atom is 0.433 e. The van der Waals surface area contributed by atoms with Crippen molar-refractivity contribution in [2.24, 2.45) is 5.73 Å². The number of fused-ring (bicyclic) bond motifs is 1. The van der Waals surface area contributed by atoms with Crippen LogP contribution in [0.1, 0.15) is 21.6 Å². The van der Waals surface area contributed by atoms with E-state index in [1.165, 1.54) is 6.07 Å². The van der Waals surface area contributed by atoms with E-state index in [1.54, 1.807) is 6.92 Å². The van der Waals surface area contributed by atoms with Crippen molar-refractivity contribution in [3.05, 3.63) is 35.2 Å². The number of halogens is 3. The van der Waals surface area contributed by atoms with Crippen molar-refractivity contribution in [3.8, 4) is 0 Å². The molecule has 0 saturated heterocycles. The van der Waals surface area contributed by atoms with Crippen LogP contribution in [-0.4, -0.2) is 15.9 Å². The van der Waals surface area contributed by atoms with Crippen molar-refractivity contribution >= 4 is 16.9 Å². The molecule has 0 saturated carbocycles. The number of aromatic nitrogens is 2. The fourth-order valence-corrected chi connectivity index (χ4v) is 1.61. The number of carbonyl (C=O) groups excluding carboxylic acids is 1. The Balaban J connectivity index is 2.69. The smallest absolute Gasteiger partial charge is 0.366 e. The van der Waals surface area contributed by atoms with Crippen molar-refractivity contribution in [1.82, 2.24) is 9.97 Å². The Morgan fingerprint density at radius 1 is 1.33 bits per heavy atom. The van der Waals surface area contributed by atoms with Crippen LogP contribution in [0.3, 0.4) is 0 Å². The first-order chi connectivity index (χ1) is 8.30. The van der Waals surface area contributed by atoms with Crippen LogP contribution < -0.4 is 5.73 Å². The fraction of sp³-hybridized carbons (Fsp3) is 0.182. The van der Waals surface area contributed by atoms with Gasteiger partial charge in [-0.25, -0.2) is 9.97 Å². The number of pyridine rings is 2. The summed E-state index contributed by atoms with van der Waals surface area (Å²) in [4.78, 5) is 18.2. The maximum absolute atomic E-state index is 12.5. The van der Waals surface area contributed by atoms with Gasteiger partial charge in [-0.3, -0.25) is 4.79 Å². The average Bonchev–Trinajstić information content (AvgIpc) is 2.27. The van der Waals surface area contributed by atoms with E-state index in [0.717, 1.165) is 12.3 Å². The highest BCUT2D eigenvalue weighted by molar-refractivity contribution is 5.98. The topological polar surface area (TPSA) is 68.9 Å². The molecule has 0 atom stereocenters. The number of amides is 1. The molecule has 2 rings (SSSR count). The minimum Gasteiger partial charge on any atom is -0.366 e. The predicted molar refractivity (Wildman–Crippen MR) is 57.8 cm³/mol. The third-order valence-electron chi connectivity index (χ3n) is 2.55. The Kier molecular flexibility index (Phi) is 2.68. The largest absolute Gasteiger partial charge is 0.433 e. The van der Waals surface area contributed by atoms with Crippen LogP contribution in [0.15, 0.2) is 18.3 Å². The Hall–Kier alpha value is -2.18. The van der Waals surface area contributed by atoms with E-state index in [-0.39, 0.29) is 11.2 Å². The zero-order chi connectivity index (χ0) is 13.5. The van der Waals surface area contributed by atoms with Gasteiger partial charge in [0.05, 0.1) is 5.56 Å². The Morgan fingerprint density at radius 2 is 2.00 bits per heavy atom. The SMILES string of the molecule is Cc1c(C(N)=O)cnc2nc(C(F)(F)F)ccc12. The lowest BCUT2D eigenvalue weighted by molar-refractivity contribution is -0.141. The van der Waals surface area contributed by atoms with Crippen LogP contribution in [0, 0.1) is 6.92 Å². The van der Waals surface area contributed by atoms with Crippen molar-refractivity contribution in [2.45, 2.75) is 13.1 Å². The third-order valence-corrected chi connectivity index (χ3v) is 2.55. The van der Waals surface area contributed by atoms with E-state index < -0.39 is 17.8 Å². The fourth-order valence-electron chi connectivity index (χ4n) is 1.61. The zero-order valence-corrected chi connectivity index (χ0v) is 9.25. The molecule has 2 heterocycles. The molecule has 0 spiro atoms. The van der Waals surface area contributed by atoms with E-state index in [1.807, 2.05) is 0 Å². The summed E-state index contributed by atoms with van der Waals surface area (Å²) in [6, 6.07) is 2.09. The van der Waals surface area contributed by atoms with E-state index in [0.29, 0.717) is 10.9 Å². The Morgan fingerprint density at radius 3 is 2.56 bits per heavy atom. The van der Waals surface area contributed by atoms with Crippen molar-refractivity contribution in [3.63, 3.8) is 0 Å². The molecule has 2 N–H and O–H groups in total. The van der Waals surface area contributed by atoms with Crippen LogP contribution in [0.5, 0.6) is 0 Å². The van der Waals surface area contributed by atoms with Gasteiger partial charge in [0.15, 0.2) is 5.65 Å². The van der Waals surface area contributed by atoms with Gasteiger partial charge in [0, 0.05) is 11.6 Å². The molecule has 94 valence electrons. The number of rotatable bonds is 1. The first kappa shape index (κ1) is 12.3. The standard InChI is InChI=1S/C11H8F3N3O/c1-5-6-2-3-8(11(12,13)14)17-10(6)16-4-7(5)9(15)18/h2-4H,1H3,(H2,15,18). The number of carbonyl (C=O) groups is 1. The van der Waals surface area contributed by atoms with E-state index in [2.05, 4.69) is 9.97 Å². The number of hydrogen-bond donors (Lipinski definition) is 1. The van der Waals surface area contributed by atoms with Gasteiger partial charge in [-0.05, 0) is 24.6 Å². The second-order valence-corrected chi connectivity index (χ2v) is 3.73. The predicted octanol–water partition coefficient (Wildman–Crippen LogP) is 2.06. The molecule has 0 fully saturated rings. The summed E-state index contributed by atoms with van der Waals surface area (Å²) >= 11 is 0. The number of primary amides is 1. The van der Waals surface area contributed by atoms with Crippen LogP contribution in [0.4, 0.5) is 13.2 Å². The quantitative estimate of drug-likeness (QED) is 0.847. The highest BCUT2D eigenvalue weighted by Gasteiger charge is 2.32. The normalized spacial score (nSPS) is 11.8. The van der Waals surface area contributed by atoms with Crippen molar-refractivity contribution in [1.29, 1.82) is 0 Å². The molecule has 2 aromatic heterocycles. The molecule has 1 amide bonds. The number of alkyl halides is 3. The molecule has 0 radical (unpaired) electrons. The summed E-state index contributed by atoms with van der Waals surface area (Å²) < 4.78 is 37.4. The highest BCUT2D eigenvalue weighted by atomic mass is 19.4. The monoisotopic (exact) mass is 255 g/mol. The third kappa shape index (κ3) is 1.99. The van der Waals surface area contributed by atoms with Crippen LogP contribution in [-0.2, 0) is 6.18 Å². The van der Waals surface area contributed by atoms with Crippen molar-refractivity contribution < 1.29 is 18.0 Å². The molecule has 18 heavy (non-hydrogen) atoms. The average molecular weight is 255 g/mol. The maximum atomic E-state index is 12.5. The summed E-state index contributed by atoms with van der Waals surface area (Å²) in [6.45, 7) is 1.58. The molecule has 0 aliphatic rings. The number of aryl methyl sites for hydroxylation is 1. The molecule has 4 nitrogen and oxygen atoms in total. The summed E-state index contributed by atoms with van der Waals surface area (Å²) in [5.41, 5.74) is 4.68. The van der Waals surface area contributed by atoms with Gasteiger partial charge in [-0.1, -0.05) is 0 Å². The first-order valence-electron chi connectivity index (χ1n) is 4.94. The minimum absolute atomic E-state index is 0.0627. The van der Waals surface area contributed by atoms with Crippen LogP contribution in [0.25, 0.3) is 11.0 Å². The summed E-state index contributed by atoms with van der Waals surface area (Å²) in [5, 5.41) is 0.374.